The highest BCUT2D eigenvalue weighted by Crippen LogP contribution is 2.19. The third kappa shape index (κ3) is 3.29. The molecule has 0 radical (unpaired) electrons. The molecule has 6 heteroatoms. The van der Waals surface area contributed by atoms with Crippen molar-refractivity contribution in [3.8, 4) is 0 Å². The van der Waals surface area contributed by atoms with E-state index in [2.05, 4.69) is 5.32 Å². The number of benzene rings is 1. The van der Waals surface area contributed by atoms with Gasteiger partial charge in [0.1, 0.15) is 0 Å². The largest absolute Gasteiger partial charge is 0.376 e. The van der Waals surface area contributed by atoms with E-state index < -0.39 is 4.92 Å². The lowest BCUT2D eigenvalue weighted by Crippen LogP contribution is -2.31. The smallest absolute Gasteiger partial charge is 0.273 e. The summed E-state index contributed by atoms with van der Waals surface area (Å²) in [6.45, 7) is 2.82. The van der Waals surface area contributed by atoms with Gasteiger partial charge >= 0.3 is 0 Å². The second-order valence-corrected chi connectivity index (χ2v) is 4.60. The number of hydrogen-bond donors (Lipinski definition) is 1. The van der Waals surface area contributed by atoms with E-state index in [1.807, 2.05) is 0 Å². The third-order valence-electron chi connectivity index (χ3n) is 3.18. The molecule has 1 aromatic carbocycles. The maximum Gasteiger partial charge on any atom is 0.273 e. The highest BCUT2D eigenvalue weighted by atomic mass is 16.6. The van der Waals surface area contributed by atoms with Crippen LogP contribution in [0.5, 0.6) is 0 Å². The van der Waals surface area contributed by atoms with Crippen molar-refractivity contribution in [3.05, 3.63) is 39.4 Å². The minimum atomic E-state index is -0.480. The summed E-state index contributed by atoms with van der Waals surface area (Å²) in [5, 5.41) is 13.6. The first kappa shape index (κ1) is 13.5. The third-order valence-corrected chi connectivity index (χ3v) is 3.18. The van der Waals surface area contributed by atoms with Crippen LogP contribution in [0, 0.1) is 17.0 Å². The molecule has 1 saturated heterocycles. The molecule has 1 fully saturated rings. The number of nitrogens with zero attached hydrogens (tertiary/aromatic N) is 1. The van der Waals surface area contributed by atoms with Crippen LogP contribution >= 0.6 is 0 Å². The van der Waals surface area contributed by atoms with Gasteiger partial charge in [-0.1, -0.05) is 6.07 Å². The van der Waals surface area contributed by atoms with Gasteiger partial charge in [-0.25, -0.2) is 0 Å². The quantitative estimate of drug-likeness (QED) is 0.664. The normalized spacial score (nSPS) is 18.3. The van der Waals surface area contributed by atoms with Gasteiger partial charge in [0.25, 0.3) is 11.6 Å². The van der Waals surface area contributed by atoms with Crippen LogP contribution in [0.4, 0.5) is 5.69 Å². The Bertz CT molecular complexity index is 495. The summed E-state index contributed by atoms with van der Waals surface area (Å²) in [6, 6.07) is 4.48. The number of ether oxygens (including phenoxy) is 1. The number of carbonyl (C=O) groups is 1. The molecule has 0 bridgehead atoms. The zero-order valence-corrected chi connectivity index (χ0v) is 10.7. The summed E-state index contributed by atoms with van der Waals surface area (Å²) in [5.41, 5.74) is 0.806. The van der Waals surface area contributed by atoms with Gasteiger partial charge in [0, 0.05) is 30.3 Å². The number of nitrogens with one attached hydrogen (secondary N) is 1. The predicted octanol–water partition coefficient (Wildman–Crippen LogP) is 1.81. The molecule has 1 atom stereocenters. The molecule has 2 rings (SSSR count). The zero-order valence-electron chi connectivity index (χ0n) is 10.7. The zero-order chi connectivity index (χ0) is 13.8. The van der Waals surface area contributed by atoms with Crippen molar-refractivity contribution in [2.75, 3.05) is 13.2 Å². The molecule has 0 saturated carbocycles. The number of carbonyl (C=O) groups excluding carboxylic acids is 1. The fourth-order valence-corrected chi connectivity index (χ4v) is 2.06. The summed E-state index contributed by atoms with van der Waals surface area (Å²) in [7, 11) is 0. The molecule has 0 aromatic heterocycles. The number of aryl methyl sites for hydroxylation is 1. The van der Waals surface area contributed by atoms with Gasteiger partial charge in [-0.2, -0.15) is 0 Å². The molecule has 0 aliphatic carbocycles. The van der Waals surface area contributed by atoms with Crippen LogP contribution in [0.2, 0.25) is 0 Å². The second-order valence-electron chi connectivity index (χ2n) is 4.60. The van der Waals surface area contributed by atoms with Gasteiger partial charge in [0.2, 0.25) is 0 Å². The Hall–Kier alpha value is -1.95. The van der Waals surface area contributed by atoms with Gasteiger partial charge in [-0.15, -0.1) is 0 Å². The maximum atomic E-state index is 11.9. The highest BCUT2D eigenvalue weighted by molar-refractivity contribution is 5.95. The molecule has 102 valence electrons. The van der Waals surface area contributed by atoms with Crippen LogP contribution in [-0.4, -0.2) is 30.1 Å². The molecule has 1 heterocycles. The lowest BCUT2D eigenvalue weighted by molar-refractivity contribution is -0.385. The van der Waals surface area contributed by atoms with Crippen molar-refractivity contribution in [2.24, 2.45) is 0 Å². The van der Waals surface area contributed by atoms with Crippen LogP contribution in [0.1, 0.15) is 28.8 Å². The maximum absolute atomic E-state index is 11.9. The summed E-state index contributed by atoms with van der Waals surface area (Å²) >= 11 is 0. The Morgan fingerprint density at radius 2 is 2.37 bits per heavy atom. The molecule has 1 aliphatic rings. The van der Waals surface area contributed by atoms with Crippen LogP contribution in [-0.2, 0) is 4.74 Å². The van der Waals surface area contributed by atoms with Gasteiger partial charge in [-0.05, 0) is 25.8 Å². The molecule has 19 heavy (non-hydrogen) atoms. The van der Waals surface area contributed by atoms with Crippen molar-refractivity contribution in [2.45, 2.75) is 25.9 Å². The predicted molar refractivity (Wildman–Crippen MR) is 69.1 cm³/mol. The van der Waals surface area contributed by atoms with E-state index in [-0.39, 0.29) is 17.7 Å². The lowest BCUT2D eigenvalue weighted by Gasteiger charge is -2.10. The Morgan fingerprint density at radius 3 is 3.00 bits per heavy atom. The van der Waals surface area contributed by atoms with E-state index in [0.29, 0.717) is 17.7 Å². The van der Waals surface area contributed by atoms with Crippen LogP contribution in [0.3, 0.4) is 0 Å². The number of hydrogen-bond acceptors (Lipinski definition) is 4. The minimum absolute atomic E-state index is 0.0373. The van der Waals surface area contributed by atoms with E-state index in [9.17, 15) is 14.9 Å². The number of nitro benzene ring substituents is 1. The summed E-state index contributed by atoms with van der Waals surface area (Å²) in [5.74, 6) is -0.307. The first-order valence-corrected chi connectivity index (χ1v) is 6.23. The first-order chi connectivity index (χ1) is 9.08. The van der Waals surface area contributed by atoms with Crippen molar-refractivity contribution >= 4 is 11.6 Å². The monoisotopic (exact) mass is 264 g/mol. The average molecular weight is 264 g/mol. The fraction of sp³-hybridized carbons (Fsp3) is 0.462. The Kier molecular flexibility index (Phi) is 4.11. The molecular weight excluding hydrogens is 248 g/mol. The summed E-state index contributed by atoms with van der Waals surface area (Å²) in [6.07, 6.45) is 2.01. The van der Waals surface area contributed by atoms with Crippen molar-refractivity contribution in [1.29, 1.82) is 0 Å². The lowest BCUT2D eigenvalue weighted by atomic mass is 10.1. The van der Waals surface area contributed by atoms with Gasteiger partial charge in [0.15, 0.2) is 0 Å². The summed E-state index contributed by atoms with van der Waals surface area (Å²) in [4.78, 5) is 22.2. The van der Waals surface area contributed by atoms with Gasteiger partial charge in [0.05, 0.1) is 11.0 Å². The van der Waals surface area contributed by atoms with Crippen molar-refractivity contribution in [3.63, 3.8) is 0 Å². The molecule has 1 aliphatic heterocycles. The standard InChI is InChI=1S/C13H16N2O4/c1-9-4-5-10(7-12(9)15(17)18)13(16)14-8-11-3-2-6-19-11/h4-5,7,11H,2-3,6,8H2,1H3,(H,14,16)/t11-/m0/s1. The van der Waals surface area contributed by atoms with E-state index in [4.69, 9.17) is 4.74 Å². The van der Waals surface area contributed by atoms with Gasteiger partial charge < -0.3 is 10.1 Å². The molecule has 1 N–H and O–H groups in total. The van der Waals surface area contributed by atoms with Crippen molar-refractivity contribution in [1.82, 2.24) is 5.32 Å². The molecular formula is C13H16N2O4. The SMILES string of the molecule is Cc1ccc(C(=O)NC[C@@H]2CCCO2)cc1[N+](=O)[O-]. The topological polar surface area (TPSA) is 81.5 Å². The second kappa shape index (κ2) is 5.79. The number of amides is 1. The molecule has 0 unspecified atom stereocenters. The van der Waals surface area contributed by atoms with Gasteiger partial charge in [-0.3, -0.25) is 14.9 Å². The van der Waals surface area contributed by atoms with E-state index in [0.717, 1.165) is 19.4 Å². The fourth-order valence-electron chi connectivity index (χ4n) is 2.06. The Labute approximate surface area is 110 Å². The molecule has 1 amide bonds. The van der Waals surface area contributed by atoms with E-state index >= 15 is 0 Å². The van der Waals surface area contributed by atoms with Crippen molar-refractivity contribution < 1.29 is 14.5 Å². The number of rotatable bonds is 4. The van der Waals surface area contributed by atoms with E-state index in [1.165, 1.54) is 6.07 Å². The van der Waals surface area contributed by atoms with E-state index in [1.54, 1.807) is 19.1 Å². The minimum Gasteiger partial charge on any atom is -0.376 e. The summed E-state index contributed by atoms with van der Waals surface area (Å²) < 4.78 is 5.40. The van der Waals surface area contributed by atoms with Crippen LogP contribution in [0.15, 0.2) is 18.2 Å². The van der Waals surface area contributed by atoms with Crippen LogP contribution in [0.25, 0.3) is 0 Å². The first-order valence-electron chi connectivity index (χ1n) is 6.23. The van der Waals surface area contributed by atoms with Crippen LogP contribution < -0.4 is 5.32 Å². The Morgan fingerprint density at radius 1 is 1.58 bits per heavy atom. The molecule has 0 spiro atoms. The Balaban J connectivity index is 2.02. The average Bonchev–Trinajstić information content (AvgIpc) is 2.89. The highest BCUT2D eigenvalue weighted by Gasteiger charge is 2.18. The molecule has 6 nitrogen and oxygen atoms in total. The number of nitro groups is 1. The molecule has 1 aromatic rings.